The third kappa shape index (κ3) is 3.91. The highest BCUT2D eigenvalue weighted by atomic mass is 16.5. The Balaban J connectivity index is 1.47. The number of aryl methyl sites for hydroxylation is 1. The molecule has 2 atom stereocenters. The highest BCUT2D eigenvalue weighted by Gasteiger charge is 2.42. The van der Waals surface area contributed by atoms with Crippen LogP contribution in [0.3, 0.4) is 0 Å². The molecule has 5 rings (SSSR count). The van der Waals surface area contributed by atoms with Crippen LogP contribution in [-0.4, -0.2) is 45.3 Å². The maximum absolute atomic E-state index is 12.5. The van der Waals surface area contributed by atoms with Gasteiger partial charge in [0.15, 0.2) is 0 Å². The van der Waals surface area contributed by atoms with Gasteiger partial charge >= 0.3 is 0 Å². The molecular formula is C26H29N3O4. The van der Waals surface area contributed by atoms with Gasteiger partial charge in [-0.2, -0.15) is 4.98 Å². The number of β-amino-alcohol motifs (C(OH)–C–C–N with tert-alkyl or cyclic N) is 1. The fourth-order valence-corrected chi connectivity index (χ4v) is 5.23. The molecule has 1 fully saturated rings. The van der Waals surface area contributed by atoms with Gasteiger partial charge in [-0.05, 0) is 74.4 Å². The average Bonchev–Trinajstić information content (AvgIpc) is 3.42. The second kappa shape index (κ2) is 8.63. The van der Waals surface area contributed by atoms with E-state index < -0.39 is 0 Å². The largest absolute Gasteiger partial charge is 0.491 e. The van der Waals surface area contributed by atoms with E-state index in [0.717, 1.165) is 40.8 Å². The van der Waals surface area contributed by atoms with Gasteiger partial charge in [0.1, 0.15) is 5.75 Å². The van der Waals surface area contributed by atoms with Gasteiger partial charge in [-0.3, -0.25) is 4.79 Å². The molecule has 1 aliphatic heterocycles. The number of hydrogen-bond donors (Lipinski definition) is 1. The number of hydrogen-bond acceptors (Lipinski definition) is 6. The molecule has 0 spiro atoms. The van der Waals surface area contributed by atoms with E-state index in [-0.39, 0.29) is 24.7 Å². The van der Waals surface area contributed by atoms with E-state index in [4.69, 9.17) is 14.2 Å². The van der Waals surface area contributed by atoms with Crippen LogP contribution in [0.15, 0.2) is 40.9 Å². The second-order valence-corrected chi connectivity index (χ2v) is 9.20. The SMILES string of the molecule is Cc1cc(-c2nc(-c3cccc4c3CC3CCC(=O)N(CCO)C43)no2)ccc1OC(C)C. The molecule has 1 saturated heterocycles. The number of rotatable bonds is 6. The maximum atomic E-state index is 12.5. The maximum Gasteiger partial charge on any atom is 0.258 e. The number of benzene rings is 2. The molecular weight excluding hydrogens is 418 g/mol. The lowest BCUT2D eigenvalue weighted by Gasteiger charge is -2.37. The van der Waals surface area contributed by atoms with Crippen LogP contribution in [0.4, 0.5) is 0 Å². The monoisotopic (exact) mass is 447 g/mol. The third-order valence-corrected chi connectivity index (χ3v) is 6.62. The number of carbonyl (C=O) groups is 1. The number of aliphatic hydroxyl groups is 1. The van der Waals surface area contributed by atoms with E-state index in [1.807, 2.05) is 56.0 Å². The predicted molar refractivity (Wildman–Crippen MR) is 124 cm³/mol. The van der Waals surface area contributed by atoms with Crippen LogP contribution in [0, 0.1) is 12.8 Å². The topological polar surface area (TPSA) is 88.7 Å². The van der Waals surface area contributed by atoms with Gasteiger partial charge in [0.2, 0.25) is 11.7 Å². The number of fused-ring (bicyclic) bond motifs is 3. The van der Waals surface area contributed by atoms with Crippen molar-refractivity contribution >= 4 is 5.91 Å². The number of aromatic nitrogens is 2. The fraction of sp³-hybridized carbons (Fsp3) is 0.423. The molecule has 2 aliphatic rings. The van der Waals surface area contributed by atoms with Crippen LogP contribution in [0.2, 0.25) is 0 Å². The summed E-state index contributed by atoms with van der Waals surface area (Å²) in [5, 5.41) is 13.8. The lowest BCUT2D eigenvalue weighted by molar-refractivity contribution is -0.139. The van der Waals surface area contributed by atoms with Gasteiger partial charge in [-0.1, -0.05) is 23.4 Å². The van der Waals surface area contributed by atoms with Crippen molar-refractivity contribution in [1.29, 1.82) is 0 Å². The molecule has 172 valence electrons. The van der Waals surface area contributed by atoms with E-state index in [2.05, 4.69) is 11.2 Å². The minimum Gasteiger partial charge on any atom is -0.491 e. The number of carbonyl (C=O) groups excluding carboxylic acids is 1. The lowest BCUT2D eigenvalue weighted by atomic mass is 9.89. The van der Waals surface area contributed by atoms with Gasteiger partial charge in [-0.25, -0.2) is 0 Å². The van der Waals surface area contributed by atoms with Crippen LogP contribution in [0.25, 0.3) is 22.8 Å². The standard InChI is InChI=1S/C26H29N3O4/c1-15(2)32-22-9-7-18(13-16(22)3)26-27-25(28-33-26)20-6-4-5-19-21(20)14-17-8-10-23(31)29(11-12-30)24(17)19/h4-7,9,13,15,17,24,30H,8,10-12,14H2,1-3H3. The minimum absolute atomic E-state index is 0.0101. The van der Waals surface area contributed by atoms with Crippen molar-refractivity contribution in [3.63, 3.8) is 0 Å². The highest BCUT2D eigenvalue weighted by molar-refractivity contribution is 5.79. The Hall–Kier alpha value is -3.19. The number of aliphatic hydroxyl groups excluding tert-OH is 1. The summed E-state index contributed by atoms with van der Waals surface area (Å²) in [5.74, 6) is 2.34. The van der Waals surface area contributed by atoms with E-state index in [1.165, 1.54) is 5.56 Å². The van der Waals surface area contributed by atoms with Crippen molar-refractivity contribution in [1.82, 2.24) is 15.0 Å². The third-order valence-electron chi connectivity index (χ3n) is 6.62. The van der Waals surface area contributed by atoms with Crippen LogP contribution >= 0.6 is 0 Å². The lowest BCUT2D eigenvalue weighted by Crippen LogP contribution is -2.42. The Morgan fingerprint density at radius 2 is 2.12 bits per heavy atom. The molecule has 0 radical (unpaired) electrons. The first-order valence-corrected chi connectivity index (χ1v) is 11.6. The minimum atomic E-state index is -0.0292. The molecule has 2 aromatic carbocycles. The summed E-state index contributed by atoms with van der Waals surface area (Å²) in [7, 11) is 0. The van der Waals surface area contributed by atoms with Crippen LogP contribution in [0.1, 0.15) is 49.4 Å². The molecule has 7 nitrogen and oxygen atoms in total. The first-order valence-electron chi connectivity index (χ1n) is 11.6. The summed E-state index contributed by atoms with van der Waals surface area (Å²) < 4.78 is 11.5. The molecule has 0 bridgehead atoms. The van der Waals surface area contributed by atoms with Crippen molar-refractivity contribution < 1.29 is 19.2 Å². The number of nitrogens with zero attached hydrogens (tertiary/aromatic N) is 3. The molecule has 1 amide bonds. The van der Waals surface area contributed by atoms with Crippen molar-refractivity contribution in [2.24, 2.45) is 5.92 Å². The van der Waals surface area contributed by atoms with E-state index in [1.54, 1.807) is 0 Å². The summed E-state index contributed by atoms with van der Waals surface area (Å²) >= 11 is 0. The van der Waals surface area contributed by atoms with Gasteiger partial charge in [0.25, 0.3) is 5.89 Å². The zero-order chi connectivity index (χ0) is 23.1. The Labute approximate surface area is 193 Å². The summed E-state index contributed by atoms with van der Waals surface area (Å²) in [4.78, 5) is 19.1. The van der Waals surface area contributed by atoms with Crippen LogP contribution in [-0.2, 0) is 11.2 Å². The summed E-state index contributed by atoms with van der Waals surface area (Å²) in [6, 6.07) is 12.0. The molecule has 1 aliphatic carbocycles. The number of piperidine rings is 1. The highest BCUT2D eigenvalue weighted by Crippen LogP contribution is 2.48. The number of amides is 1. The van der Waals surface area contributed by atoms with Gasteiger partial charge in [0.05, 0.1) is 18.8 Å². The number of likely N-dealkylation sites (tertiary alicyclic amines) is 1. The number of ether oxygens (including phenoxy) is 1. The zero-order valence-electron chi connectivity index (χ0n) is 19.2. The van der Waals surface area contributed by atoms with Crippen LogP contribution < -0.4 is 4.74 Å². The normalized spacial score (nSPS) is 19.7. The molecule has 3 aromatic rings. The molecule has 2 unspecified atom stereocenters. The van der Waals surface area contributed by atoms with E-state index in [0.29, 0.717) is 30.6 Å². The Kier molecular flexibility index (Phi) is 5.66. The van der Waals surface area contributed by atoms with Crippen molar-refractivity contribution in [3.05, 3.63) is 53.1 Å². The molecule has 1 aromatic heterocycles. The molecule has 33 heavy (non-hydrogen) atoms. The first kappa shape index (κ1) is 21.6. The fourth-order valence-electron chi connectivity index (χ4n) is 5.23. The summed E-state index contributed by atoms with van der Waals surface area (Å²) in [6.07, 6.45) is 2.38. The molecule has 2 heterocycles. The van der Waals surface area contributed by atoms with Gasteiger partial charge in [0, 0.05) is 24.1 Å². The predicted octanol–water partition coefficient (Wildman–Crippen LogP) is 4.33. The van der Waals surface area contributed by atoms with Crippen LogP contribution in [0.5, 0.6) is 5.75 Å². The Morgan fingerprint density at radius 3 is 2.88 bits per heavy atom. The van der Waals surface area contributed by atoms with E-state index in [9.17, 15) is 9.90 Å². The smallest absolute Gasteiger partial charge is 0.258 e. The molecule has 1 N–H and O–H groups in total. The first-order chi connectivity index (χ1) is 16.0. The average molecular weight is 448 g/mol. The van der Waals surface area contributed by atoms with Gasteiger partial charge < -0.3 is 19.3 Å². The molecule has 0 saturated carbocycles. The Morgan fingerprint density at radius 1 is 1.27 bits per heavy atom. The second-order valence-electron chi connectivity index (χ2n) is 9.20. The zero-order valence-corrected chi connectivity index (χ0v) is 19.2. The van der Waals surface area contributed by atoms with Crippen molar-refractivity contribution in [2.75, 3.05) is 13.2 Å². The van der Waals surface area contributed by atoms with E-state index >= 15 is 0 Å². The van der Waals surface area contributed by atoms with Gasteiger partial charge in [-0.15, -0.1) is 0 Å². The molecule has 7 heteroatoms. The quantitative estimate of drug-likeness (QED) is 0.605. The van der Waals surface area contributed by atoms with Crippen molar-refractivity contribution in [3.8, 4) is 28.6 Å². The Bertz CT molecular complexity index is 1190. The summed E-state index contributed by atoms with van der Waals surface area (Å²) in [6.45, 7) is 6.35. The summed E-state index contributed by atoms with van der Waals surface area (Å²) in [5.41, 5.74) is 5.12. The van der Waals surface area contributed by atoms with Crippen molar-refractivity contribution in [2.45, 2.75) is 52.2 Å².